The molecule has 1 saturated carbocycles. The number of hydrogen-bond donors (Lipinski definition) is 1. The first-order valence-electron chi connectivity index (χ1n) is 12.4. The normalized spacial score (nSPS) is 20.4. The van der Waals surface area contributed by atoms with Crippen molar-refractivity contribution in [1.29, 1.82) is 0 Å². The number of anilines is 3. The van der Waals surface area contributed by atoms with E-state index in [1.807, 2.05) is 0 Å². The second-order valence-electron chi connectivity index (χ2n) is 10.5. The van der Waals surface area contributed by atoms with Gasteiger partial charge in [0, 0.05) is 28.9 Å². The van der Waals surface area contributed by atoms with E-state index < -0.39 is 56.8 Å². The van der Waals surface area contributed by atoms with E-state index in [0.29, 0.717) is 23.8 Å². The van der Waals surface area contributed by atoms with Crippen molar-refractivity contribution in [2.45, 2.75) is 40.6 Å². The van der Waals surface area contributed by atoms with Crippen molar-refractivity contribution >= 4 is 86.0 Å². The highest BCUT2D eigenvalue weighted by Crippen LogP contribution is 2.48. The standard InChI is InChI=1S/C23H14B8F4N6O/c24-20(25)22(28,29)41(18(42)10-1-2-10)23(30,31)21(26,27)40(20)16-4-11(17(34)35)3-14(8-16)37-19-36-9-39(38-19)15-6-12(32)5-13(33)7-15/h3-10,17H,1-2H2,(H,37,38). The lowest BCUT2D eigenvalue weighted by atomic mass is 9.26. The molecule has 1 amide bonds. The predicted molar refractivity (Wildman–Crippen MR) is 155 cm³/mol. The third kappa shape index (κ3) is 4.86. The summed E-state index contributed by atoms with van der Waals surface area (Å²) in [6.45, 7) is 0. The molecule has 1 aromatic heterocycles. The molecule has 42 heavy (non-hydrogen) atoms. The van der Waals surface area contributed by atoms with Crippen LogP contribution in [0.15, 0.2) is 42.7 Å². The van der Waals surface area contributed by atoms with Gasteiger partial charge < -0.3 is 15.1 Å². The fraction of sp³-hybridized carbons (Fsp3) is 0.348. The Morgan fingerprint density at radius 1 is 0.833 bits per heavy atom. The Hall–Kier alpha value is -3.11. The fourth-order valence-electron chi connectivity index (χ4n) is 4.84. The maximum Gasteiger partial charge on any atom is 0.263 e. The molecular weight excluding hydrogens is 539 g/mol. The minimum absolute atomic E-state index is 0.00485. The molecule has 2 aliphatic rings. The van der Waals surface area contributed by atoms with Gasteiger partial charge in [-0.3, -0.25) is 4.79 Å². The third-order valence-electron chi connectivity index (χ3n) is 7.22. The number of hydrogen-bond acceptors (Lipinski definition) is 5. The first-order chi connectivity index (χ1) is 19.4. The zero-order chi connectivity index (χ0) is 31.0. The van der Waals surface area contributed by atoms with Gasteiger partial charge in [-0.15, -0.1) is 5.10 Å². The molecule has 2 heterocycles. The number of nitrogens with zero attached hydrogens (tertiary/aromatic N) is 5. The van der Waals surface area contributed by atoms with E-state index >= 15 is 0 Å². The maximum atomic E-state index is 14.1. The van der Waals surface area contributed by atoms with Gasteiger partial charge in [-0.1, -0.05) is 0 Å². The Balaban J connectivity index is 1.57. The van der Waals surface area contributed by atoms with E-state index in [2.05, 4.69) is 15.4 Å². The van der Waals surface area contributed by atoms with Crippen LogP contribution >= 0.6 is 0 Å². The van der Waals surface area contributed by atoms with Crippen LogP contribution in [0, 0.1) is 17.6 Å². The highest BCUT2D eigenvalue weighted by molar-refractivity contribution is 6.63. The Labute approximate surface area is 250 Å². The minimum atomic E-state index is -3.04. The monoisotopic (exact) mass is 554 g/mol. The quantitative estimate of drug-likeness (QED) is 0.351. The second-order valence-corrected chi connectivity index (χ2v) is 10.5. The molecule has 1 saturated heterocycles. The molecule has 0 bridgehead atoms. The van der Waals surface area contributed by atoms with Crippen LogP contribution < -0.4 is 10.2 Å². The summed E-state index contributed by atoms with van der Waals surface area (Å²) in [6.07, 6.45) is -0.910. The average Bonchev–Trinajstić information content (AvgIpc) is 3.61. The molecular formula is C23H14B8F4N6O. The Morgan fingerprint density at radius 2 is 1.40 bits per heavy atom. The molecule has 0 unspecified atom stereocenters. The van der Waals surface area contributed by atoms with Crippen LogP contribution in [0.4, 0.5) is 34.9 Å². The average molecular weight is 553 g/mol. The van der Waals surface area contributed by atoms with Gasteiger partial charge in [0.2, 0.25) is 11.9 Å². The van der Waals surface area contributed by atoms with E-state index in [-0.39, 0.29) is 23.0 Å². The Morgan fingerprint density at radius 3 is 1.93 bits per heavy atom. The van der Waals surface area contributed by atoms with Crippen molar-refractivity contribution in [3.63, 3.8) is 0 Å². The molecule has 19 heteroatoms. The number of alkyl halides is 2. The third-order valence-corrected chi connectivity index (χ3v) is 7.22. The summed E-state index contributed by atoms with van der Waals surface area (Å²) in [7, 11) is 50.8. The number of halogens is 4. The van der Waals surface area contributed by atoms with Gasteiger partial charge in [0.1, 0.15) is 18.0 Å². The number of carbonyl (C=O) groups is 1. The van der Waals surface area contributed by atoms with Crippen LogP contribution in [0.2, 0.25) is 0 Å². The SMILES string of the molecule is [B]C1([B])N(C(=O)C2CC2)C([B])([B])C([B])([B])N(c2cc(Nc3ncn(-c4cc(F)cc(F)c4)n3)cc(C(F)F)c2)C1([B])[B]. The minimum Gasteiger partial charge on any atom is -0.393 e. The number of amides is 1. The lowest BCUT2D eigenvalue weighted by Crippen LogP contribution is -2.93. The van der Waals surface area contributed by atoms with Crippen molar-refractivity contribution in [1.82, 2.24) is 19.7 Å². The van der Waals surface area contributed by atoms with Crippen LogP contribution in [0.3, 0.4) is 0 Å². The molecule has 7 nitrogen and oxygen atoms in total. The Bertz CT molecular complexity index is 1500. The van der Waals surface area contributed by atoms with E-state index in [4.69, 9.17) is 62.8 Å². The molecule has 194 valence electrons. The van der Waals surface area contributed by atoms with Crippen molar-refractivity contribution in [3.05, 3.63) is 59.9 Å². The first kappa shape index (κ1) is 30.4. The number of rotatable bonds is 6. The fourth-order valence-corrected chi connectivity index (χ4v) is 4.84. The largest absolute Gasteiger partial charge is 0.393 e. The van der Waals surface area contributed by atoms with Crippen molar-refractivity contribution in [2.75, 3.05) is 10.2 Å². The van der Waals surface area contributed by atoms with Crippen LogP contribution in [0.1, 0.15) is 24.8 Å². The van der Waals surface area contributed by atoms with E-state index in [9.17, 15) is 22.4 Å². The van der Waals surface area contributed by atoms with E-state index in [1.54, 1.807) is 0 Å². The van der Waals surface area contributed by atoms with Crippen molar-refractivity contribution < 1.29 is 22.4 Å². The van der Waals surface area contributed by atoms with Crippen molar-refractivity contribution in [2.24, 2.45) is 5.92 Å². The molecule has 2 aromatic carbocycles. The number of aromatic nitrogens is 3. The van der Waals surface area contributed by atoms with Gasteiger partial charge in [0.15, 0.2) is 0 Å². The zero-order valence-electron chi connectivity index (χ0n) is 21.9. The number of piperazine rings is 1. The lowest BCUT2D eigenvalue weighted by Gasteiger charge is -2.76. The molecule has 0 spiro atoms. The highest BCUT2D eigenvalue weighted by Gasteiger charge is 2.62. The zero-order valence-corrected chi connectivity index (χ0v) is 21.9. The highest BCUT2D eigenvalue weighted by atomic mass is 19.3. The van der Waals surface area contributed by atoms with Gasteiger partial charge in [-0.25, -0.2) is 22.2 Å². The van der Waals surface area contributed by atoms with Crippen LogP contribution in [-0.2, 0) is 4.79 Å². The smallest absolute Gasteiger partial charge is 0.263 e. The van der Waals surface area contributed by atoms with Gasteiger partial charge in [-0.2, -0.15) is 4.98 Å². The van der Waals surface area contributed by atoms with Gasteiger partial charge in [-0.05, 0) is 64.5 Å². The number of nitrogens with one attached hydrogen (secondary N) is 1. The topological polar surface area (TPSA) is 66.3 Å². The first-order valence-corrected chi connectivity index (χ1v) is 12.4. The summed E-state index contributed by atoms with van der Waals surface area (Å²) in [4.78, 5) is 18.5. The summed E-state index contributed by atoms with van der Waals surface area (Å²) >= 11 is 0. The van der Waals surface area contributed by atoms with E-state index in [1.165, 1.54) is 6.07 Å². The summed E-state index contributed by atoms with van der Waals surface area (Å²) in [5, 5.41) is -3.35. The maximum absolute atomic E-state index is 14.1. The van der Waals surface area contributed by atoms with Crippen molar-refractivity contribution in [3.8, 4) is 5.69 Å². The lowest BCUT2D eigenvalue weighted by molar-refractivity contribution is -0.138. The van der Waals surface area contributed by atoms with Gasteiger partial charge in [0.05, 0.1) is 68.5 Å². The van der Waals surface area contributed by atoms with E-state index in [0.717, 1.165) is 40.2 Å². The molecule has 16 radical (unpaired) electrons. The van der Waals surface area contributed by atoms with Crippen LogP contribution in [0.5, 0.6) is 0 Å². The summed E-state index contributed by atoms with van der Waals surface area (Å²) < 4.78 is 56.5. The molecule has 1 aliphatic carbocycles. The number of benzene rings is 2. The van der Waals surface area contributed by atoms with Crippen LogP contribution in [0.25, 0.3) is 5.69 Å². The van der Waals surface area contributed by atoms with Gasteiger partial charge in [0.25, 0.3) is 6.43 Å². The Kier molecular flexibility index (Phi) is 7.21. The van der Waals surface area contributed by atoms with Gasteiger partial charge >= 0.3 is 0 Å². The predicted octanol–water partition coefficient (Wildman–Crippen LogP) is 0.248. The molecule has 2 fully saturated rings. The molecule has 0 atom stereocenters. The number of carbonyl (C=O) groups excluding carboxylic acids is 1. The summed E-state index contributed by atoms with van der Waals surface area (Å²) in [5.41, 5.74) is -0.904. The summed E-state index contributed by atoms with van der Waals surface area (Å²) in [5.74, 6) is -3.07. The summed E-state index contributed by atoms with van der Waals surface area (Å²) in [6, 6.07) is 5.91. The molecule has 3 aromatic rings. The van der Waals surface area contributed by atoms with Crippen LogP contribution in [-0.4, -0.2) is 110 Å². The molecule has 1 aliphatic heterocycles. The molecule has 1 N–H and O–H groups in total. The molecule has 5 rings (SSSR count). The second kappa shape index (κ2) is 9.98.